The Morgan fingerprint density at radius 2 is 1.89 bits per heavy atom. The molecule has 0 fully saturated rings. The Kier molecular flexibility index (Phi) is 6.31. The fourth-order valence-corrected chi connectivity index (χ4v) is 3.47. The van der Waals surface area contributed by atoms with Crippen molar-refractivity contribution >= 4 is 23.3 Å². The fourth-order valence-electron chi connectivity index (χ4n) is 3.18. The summed E-state index contributed by atoms with van der Waals surface area (Å²) in [5.41, 5.74) is 3.64. The Bertz CT molecular complexity index is 955. The van der Waals surface area contributed by atoms with Crippen molar-refractivity contribution in [2.45, 2.75) is 39.7 Å². The molecule has 1 heterocycles. The molecule has 2 amide bonds. The monoisotopic (exact) mass is 397 g/mol. The maximum Gasteiger partial charge on any atom is 0.320 e. The summed E-state index contributed by atoms with van der Waals surface area (Å²) in [5.74, 6) is 1.20. The second-order valence-electron chi connectivity index (χ2n) is 6.49. The van der Waals surface area contributed by atoms with Gasteiger partial charge in [0.15, 0.2) is 5.82 Å². The van der Waals surface area contributed by atoms with E-state index in [1.165, 1.54) is 0 Å². The first-order chi connectivity index (χ1) is 13.5. The number of nitrogens with one attached hydrogen (secondary N) is 3. The fraction of sp³-hybridized carbons (Fsp3) is 0.286. The number of aromatic nitrogens is 3. The minimum atomic E-state index is -0.472. The number of hydrogen-bond acceptors (Lipinski definition) is 3. The van der Waals surface area contributed by atoms with Crippen LogP contribution in [0.3, 0.4) is 0 Å². The molecule has 3 aromatic rings. The van der Waals surface area contributed by atoms with E-state index in [0.717, 1.165) is 35.2 Å². The van der Waals surface area contributed by atoms with Crippen molar-refractivity contribution in [2.75, 3.05) is 5.32 Å². The second kappa shape index (κ2) is 8.89. The highest BCUT2D eigenvalue weighted by Gasteiger charge is 2.22. The molecule has 0 aliphatic carbocycles. The third-order valence-electron chi connectivity index (χ3n) is 4.60. The molecule has 1 atom stereocenters. The van der Waals surface area contributed by atoms with E-state index < -0.39 is 6.04 Å². The van der Waals surface area contributed by atoms with Gasteiger partial charge in [-0.3, -0.25) is 5.10 Å². The van der Waals surface area contributed by atoms with Crippen molar-refractivity contribution in [2.24, 2.45) is 0 Å². The van der Waals surface area contributed by atoms with Gasteiger partial charge in [-0.1, -0.05) is 61.8 Å². The van der Waals surface area contributed by atoms with E-state index in [1.807, 2.05) is 56.3 Å². The van der Waals surface area contributed by atoms with Crippen LogP contribution in [0.2, 0.25) is 5.02 Å². The highest BCUT2D eigenvalue weighted by atomic mass is 35.5. The summed E-state index contributed by atoms with van der Waals surface area (Å²) in [6, 6.07) is 12.7. The van der Waals surface area contributed by atoms with Gasteiger partial charge in [-0.25, -0.2) is 9.78 Å². The average molecular weight is 398 g/mol. The number of nitrogens with zero attached hydrogens (tertiary/aromatic N) is 2. The van der Waals surface area contributed by atoms with Gasteiger partial charge in [0.1, 0.15) is 11.9 Å². The number of H-pyrrole nitrogens is 1. The lowest BCUT2D eigenvalue weighted by Gasteiger charge is -2.20. The lowest BCUT2D eigenvalue weighted by molar-refractivity contribution is 0.249. The van der Waals surface area contributed by atoms with Crippen LogP contribution in [-0.4, -0.2) is 21.2 Å². The number of urea groups is 1. The van der Waals surface area contributed by atoms with Crippen molar-refractivity contribution in [1.82, 2.24) is 20.5 Å². The molecule has 3 N–H and O–H groups in total. The number of benzene rings is 2. The molecule has 0 saturated carbocycles. The smallest absolute Gasteiger partial charge is 0.320 e. The van der Waals surface area contributed by atoms with Gasteiger partial charge in [-0.2, -0.15) is 5.10 Å². The summed E-state index contributed by atoms with van der Waals surface area (Å²) >= 11 is 6.35. The van der Waals surface area contributed by atoms with Gasteiger partial charge in [-0.15, -0.1) is 0 Å². The zero-order valence-corrected chi connectivity index (χ0v) is 17.0. The summed E-state index contributed by atoms with van der Waals surface area (Å²) in [6.07, 6.45) is 1.52. The van der Waals surface area contributed by atoms with Crippen LogP contribution in [0.1, 0.15) is 48.2 Å². The van der Waals surface area contributed by atoms with E-state index in [9.17, 15) is 4.79 Å². The van der Waals surface area contributed by atoms with Gasteiger partial charge in [0.25, 0.3) is 0 Å². The Morgan fingerprint density at radius 1 is 1.14 bits per heavy atom. The molecule has 2 aromatic carbocycles. The van der Waals surface area contributed by atoms with Crippen molar-refractivity contribution in [3.8, 4) is 0 Å². The summed E-state index contributed by atoms with van der Waals surface area (Å²) in [5, 5.41) is 13.7. The number of rotatable bonds is 6. The van der Waals surface area contributed by atoms with Gasteiger partial charge in [0.2, 0.25) is 0 Å². The quantitative estimate of drug-likeness (QED) is 0.558. The number of aromatic amines is 1. The molecule has 1 aromatic heterocycles. The molecular weight excluding hydrogens is 374 g/mol. The largest absolute Gasteiger partial charge is 0.324 e. The number of hydrogen-bond donors (Lipinski definition) is 3. The van der Waals surface area contributed by atoms with Crippen LogP contribution in [0.15, 0.2) is 42.5 Å². The first-order valence-corrected chi connectivity index (χ1v) is 9.72. The standard InChI is InChI=1S/C21H24ClN5O/c1-4-14-11-12-17(22)16(5-2)18(14)24-21(28)25-19(15-9-7-6-8-10-15)20-23-13(3)26-27-20/h6-12,19H,4-5H2,1-3H3,(H,23,26,27)(H2,24,25,28). The molecule has 7 heteroatoms. The van der Waals surface area contributed by atoms with E-state index in [1.54, 1.807) is 0 Å². The topological polar surface area (TPSA) is 82.7 Å². The van der Waals surface area contributed by atoms with Crippen molar-refractivity contribution in [3.05, 3.63) is 75.8 Å². The minimum Gasteiger partial charge on any atom is -0.324 e. The first-order valence-electron chi connectivity index (χ1n) is 9.35. The molecule has 3 rings (SSSR count). The molecule has 146 valence electrons. The molecule has 0 radical (unpaired) electrons. The van der Waals surface area contributed by atoms with Crippen LogP contribution < -0.4 is 10.6 Å². The minimum absolute atomic E-state index is 0.331. The van der Waals surface area contributed by atoms with Gasteiger partial charge >= 0.3 is 6.03 Å². The molecule has 0 aliphatic rings. The zero-order valence-electron chi connectivity index (χ0n) is 16.2. The normalized spacial score (nSPS) is 11.9. The zero-order chi connectivity index (χ0) is 20.1. The van der Waals surface area contributed by atoms with Crippen molar-refractivity contribution in [1.29, 1.82) is 0 Å². The lowest BCUT2D eigenvalue weighted by atomic mass is 10.0. The maximum absolute atomic E-state index is 12.9. The maximum atomic E-state index is 12.9. The van der Waals surface area contributed by atoms with E-state index in [-0.39, 0.29) is 6.03 Å². The molecule has 28 heavy (non-hydrogen) atoms. The Balaban J connectivity index is 1.89. The summed E-state index contributed by atoms with van der Waals surface area (Å²) < 4.78 is 0. The summed E-state index contributed by atoms with van der Waals surface area (Å²) in [4.78, 5) is 17.3. The van der Waals surface area contributed by atoms with Gasteiger partial charge < -0.3 is 10.6 Å². The summed E-state index contributed by atoms with van der Waals surface area (Å²) in [6.45, 7) is 5.90. The van der Waals surface area contributed by atoms with Crippen molar-refractivity contribution < 1.29 is 4.79 Å². The van der Waals surface area contributed by atoms with E-state index >= 15 is 0 Å². The van der Waals surface area contributed by atoms with Crippen LogP contribution in [0.25, 0.3) is 0 Å². The molecule has 0 spiro atoms. The Labute approximate surface area is 169 Å². The third kappa shape index (κ3) is 4.34. The molecule has 0 bridgehead atoms. The van der Waals surface area contributed by atoms with E-state index in [2.05, 4.69) is 32.7 Å². The Hall–Kier alpha value is -2.86. The van der Waals surface area contributed by atoms with Crippen LogP contribution in [0.5, 0.6) is 0 Å². The average Bonchev–Trinajstić information content (AvgIpc) is 3.13. The van der Waals surface area contributed by atoms with Gasteiger partial charge in [-0.05, 0) is 42.5 Å². The number of anilines is 1. The van der Waals surface area contributed by atoms with Crippen LogP contribution in [0, 0.1) is 6.92 Å². The van der Waals surface area contributed by atoms with Gasteiger partial charge in [0, 0.05) is 5.02 Å². The Morgan fingerprint density at radius 3 is 2.50 bits per heavy atom. The predicted molar refractivity (Wildman–Crippen MR) is 112 cm³/mol. The number of carbonyl (C=O) groups is 1. The SMILES string of the molecule is CCc1ccc(Cl)c(CC)c1NC(=O)NC(c1ccccc1)c1n[nH]c(C)n1. The molecular formula is C21H24ClN5O. The second-order valence-corrected chi connectivity index (χ2v) is 6.90. The summed E-state index contributed by atoms with van der Waals surface area (Å²) in [7, 11) is 0. The van der Waals surface area contributed by atoms with Crippen LogP contribution >= 0.6 is 11.6 Å². The van der Waals surface area contributed by atoms with Crippen molar-refractivity contribution in [3.63, 3.8) is 0 Å². The highest BCUT2D eigenvalue weighted by molar-refractivity contribution is 6.32. The van der Waals surface area contributed by atoms with E-state index in [0.29, 0.717) is 16.7 Å². The van der Waals surface area contributed by atoms with Gasteiger partial charge in [0.05, 0.1) is 5.69 Å². The molecule has 0 saturated heterocycles. The third-order valence-corrected chi connectivity index (χ3v) is 4.95. The first kappa shape index (κ1) is 19.9. The predicted octanol–water partition coefficient (Wildman–Crippen LogP) is 4.80. The molecule has 0 aliphatic heterocycles. The number of amides is 2. The molecule has 1 unspecified atom stereocenters. The van der Waals surface area contributed by atoms with E-state index in [4.69, 9.17) is 11.6 Å². The number of halogens is 1. The molecule has 6 nitrogen and oxygen atoms in total. The number of carbonyl (C=O) groups excluding carboxylic acids is 1. The van der Waals surface area contributed by atoms with Crippen LogP contribution in [-0.2, 0) is 12.8 Å². The number of aryl methyl sites for hydroxylation is 2. The highest BCUT2D eigenvalue weighted by Crippen LogP contribution is 2.30. The lowest BCUT2D eigenvalue weighted by Crippen LogP contribution is -2.34. The van der Waals surface area contributed by atoms with Crippen LogP contribution in [0.4, 0.5) is 10.5 Å².